The molecule has 4 heterocycles. The van der Waals surface area contributed by atoms with Crippen LogP contribution >= 0.6 is 6.72 Å². The van der Waals surface area contributed by atoms with Crippen LogP contribution in [0.15, 0.2) is 12.7 Å². The Kier molecular flexibility index (Phi) is 4.51. The predicted octanol–water partition coefficient (Wildman–Crippen LogP) is 1.12. The molecule has 3 N–H and O–H groups in total. The molecule has 0 spiro atoms. The van der Waals surface area contributed by atoms with Crippen LogP contribution in [0.5, 0.6) is 0 Å². The van der Waals surface area contributed by atoms with E-state index in [0.29, 0.717) is 36.4 Å². The molecule has 2 aromatic rings. The maximum Gasteiger partial charge on any atom is 0.324 e. The first-order valence-corrected chi connectivity index (χ1v) is 10.8. The third-order valence-corrected chi connectivity index (χ3v) is 6.69. The molecule has 142 valence electrons. The zero-order valence-electron chi connectivity index (χ0n) is 14.3. The lowest BCUT2D eigenvalue weighted by atomic mass is 9.87. The zero-order chi connectivity index (χ0) is 18.5. The van der Waals surface area contributed by atoms with Crippen LogP contribution in [0, 0.1) is 0 Å². The molecule has 2 aromatic heterocycles. The predicted molar refractivity (Wildman–Crippen MR) is 95.6 cm³/mol. The maximum atomic E-state index is 10.2. The number of ether oxygens (including phenoxy) is 2. The highest BCUT2D eigenvalue weighted by atomic mass is 32.5. The van der Waals surface area contributed by atoms with E-state index in [2.05, 4.69) is 15.0 Å². The first-order chi connectivity index (χ1) is 12.4. The van der Waals surface area contributed by atoms with Crippen LogP contribution in [0.1, 0.15) is 26.0 Å². The molecule has 0 amide bonds. The van der Waals surface area contributed by atoms with Crippen LogP contribution in [0.3, 0.4) is 0 Å². The van der Waals surface area contributed by atoms with Crippen LogP contribution in [0.25, 0.3) is 11.2 Å². The Balaban J connectivity index is 1.76. The first-order valence-electron chi connectivity index (χ1n) is 8.20. The van der Waals surface area contributed by atoms with Gasteiger partial charge in [-0.05, 0) is 18.2 Å². The van der Waals surface area contributed by atoms with Gasteiger partial charge in [0.05, 0.1) is 12.9 Å². The standard InChI is InChI=1S/C14H20N5O5PS/c1-3-14-4-5-22-9(10(14)24-25(20,26)21-2)13(23-14)19-7-18-8-11(15)16-6-17-12(8)19/h6-7,9-10,13H,3-5H2,1-2H3,(H,20,26)(H2,15,16,17)/t9?,10-,13-,14+,25?/m1/s1. The van der Waals surface area contributed by atoms with Gasteiger partial charge in [0.15, 0.2) is 17.7 Å². The van der Waals surface area contributed by atoms with E-state index in [0.717, 1.165) is 0 Å². The molecule has 0 saturated carbocycles. The number of hydrogen-bond donors (Lipinski definition) is 2. The summed E-state index contributed by atoms with van der Waals surface area (Å²) in [5, 5.41) is 0. The molecular formula is C14H20N5O5PS. The van der Waals surface area contributed by atoms with Gasteiger partial charge < -0.3 is 24.6 Å². The number of fused-ring (bicyclic) bond motifs is 3. The Morgan fingerprint density at radius 2 is 2.31 bits per heavy atom. The van der Waals surface area contributed by atoms with Crippen molar-refractivity contribution in [3.05, 3.63) is 12.7 Å². The molecular weight excluding hydrogens is 381 g/mol. The quantitative estimate of drug-likeness (QED) is 0.704. The lowest BCUT2D eigenvalue weighted by molar-refractivity contribution is -0.116. The Morgan fingerprint density at radius 1 is 1.50 bits per heavy atom. The minimum Gasteiger partial charge on any atom is -0.382 e. The number of aromatic nitrogens is 4. The maximum absolute atomic E-state index is 10.2. The number of rotatable bonds is 5. The molecule has 10 nitrogen and oxygen atoms in total. The number of nitrogen functional groups attached to an aromatic ring is 1. The first kappa shape index (κ1) is 18.2. The number of anilines is 1. The van der Waals surface area contributed by atoms with Gasteiger partial charge in [-0.3, -0.25) is 9.09 Å². The van der Waals surface area contributed by atoms with Gasteiger partial charge in [-0.1, -0.05) is 6.92 Å². The summed E-state index contributed by atoms with van der Waals surface area (Å²) in [6.45, 7) is -0.874. The zero-order valence-corrected chi connectivity index (χ0v) is 16.0. The largest absolute Gasteiger partial charge is 0.382 e. The second kappa shape index (κ2) is 6.45. The molecule has 5 atom stereocenters. The van der Waals surface area contributed by atoms with Gasteiger partial charge in [0, 0.05) is 13.5 Å². The summed E-state index contributed by atoms with van der Waals surface area (Å²) in [6, 6.07) is 0. The highest BCUT2D eigenvalue weighted by molar-refractivity contribution is 8.07. The number of hydrogen-bond acceptors (Lipinski definition) is 9. The van der Waals surface area contributed by atoms with E-state index in [1.807, 2.05) is 6.92 Å². The van der Waals surface area contributed by atoms with Gasteiger partial charge in [-0.25, -0.2) is 15.0 Å². The lowest BCUT2D eigenvalue weighted by Gasteiger charge is -2.38. The molecule has 4 rings (SSSR count). The Bertz CT molecular complexity index is 881. The minimum atomic E-state index is -3.39. The van der Waals surface area contributed by atoms with Gasteiger partial charge in [0.2, 0.25) is 0 Å². The average molecular weight is 401 g/mol. The average Bonchev–Trinajstić information content (AvgIpc) is 3.11. The van der Waals surface area contributed by atoms with Crippen LogP contribution in [0.4, 0.5) is 5.82 Å². The van der Waals surface area contributed by atoms with Gasteiger partial charge >= 0.3 is 6.72 Å². The topological polar surface area (TPSA) is 127 Å². The van der Waals surface area contributed by atoms with Crippen molar-refractivity contribution >= 4 is 35.5 Å². The summed E-state index contributed by atoms with van der Waals surface area (Å²) in [5.41, 5.74) is 6.26. The summed E-state index contributed by atoms with van der Waals surface area (Å²) in [6.07, 6.45) is 2.63. The van der Waals surface area contributed by atoms with Crippen molar-refractivity contribution in [2.75, 3.05) is 19.5 Å². The van der Waals surface area contributed by atoms with Crippen molar-refractivity contribution in [3.63, 3.8) is 0 Å². The van der Waals surface area contributed by atoms with E-state index in [9.17, 15) is 4.89 Å². The summed E-state index contributed by atoms with van der Waals surface area (Å²) in [7, 11) is 1.33. The van der Waals surface area contributed by atoms with E-state index in [-0.39, 0.29) is 0 Å². The van der Waals surface area contributed by atoms with Gasteiger partial charge in [0.1, 0.15) is 29.7 Å². The summed E-state index contributed by atoms with van der Waals surface area (Å²) in [4.78, 5) is 22.7. The van der Waals surface area contributed by atoms with Crippen LogP contribution in [-0.2, 0) is 30.3 Å². The Morgan fingerprint density at radius 3 is 3.04 bits per heavy atom. The van der Waals surface area contributed by atoms with Gasteiger partial charge in [0.25, 0.3) is 0 Å². The van der Waals surface area contributed by atoms with Crippen molar-refractivity contribution in [1.29, 1.82) is 0 Å². The number of nitrogens with two attached hydrogens (primary N) is 1. The smallest absolute Gasteiger partial charge is 0.324 e. The van der Waals surface area contributed by atoms with Crippen molar-refractivity contribution in [1.82, 2.24) is 19.5 Å². The number of nitrogens with zero attached hydrogens (tertiary/aromatic N) is 4. The molecule has 12 heteroatoms. The van der Waals surface area contributed by atoms with Crippen LogP contribution in [0.2, 0.25) is 0 Å². The Hall–Kier alpha value is -1.20. The number of imidazole rings is 1. The fourth-order valence-electron chi connectivity index (χ4n) is 3.64. The van der Waals surface area contributed by atoms with E-state index in [1.165, 1.54) is 13.4 Å². The highest BCUT2D eigenvalue weighted by Crippen LogP contribution is 2.55. The summed E-state index contributed by atoms with van der Waals surface area (Å²) < 4.78 is 24.8. The van der Waals surface area contributed by atoms with Crippen LogP contribution in [-0.4, -0.2) is 55.9 Å². The third kappa shape index (κ3) is 2.75. The molecule has 0 radical (unpaired) electrons. The molecule has 2 fully saturated rings. The summed E-state index contributed by atoms with van der Waals surface area (Å²) >= 11 is 5.04. The molecule has 2 bridgehead atoms. The van der Waals surface area contributed by atoms with Crippen LogP contribution < -0.4 is 5.73 Å². The summed E-state index contributed by atoms with van der Waals surface area (Å²) in [5.74, 6) is 0.291. The van der Waals surface area contributed by atoms with E-state index < -0.39 is 30.8 Å². The van der Waals surface area contributed by atoms with Crippen molar-refractivity contribution in [2.45, 2.75) is 43.8 Å². The second-order valence-corrected chi connectivity index (χ2v) is 9.17. The van der Waals surface area contributed by atoms with Gasteiger partial charge in [-0.15, -0.1) is 0 Å². The molecule has 0 aromatic carbocycles. The monoisotopic (exact) mass is 401 g/mol. The highest BCUT2D eigenvalue weighted by Gasteiger charge is 2.60. The van der Waals surface area contributed by atoms with E-state index in [1.54, 1.807) is 10.9 Å². The van der Waals surface area contributed by atoms with E-state index >= 15 is 0 Å². The van der Waals surface area contributed by atoms with Crippen molar-refractivity contribution < 1.29 is 23.4 Å². The molecule has 0 aliphatic carbocycles. The van der Waals surface area contributed by atoms with E-state index in [4.69, 9.17) is 36.1 Å². The third-order valence-electron chi connectivity index (χ3n) is 5.03. The lowest BCUT2D eigenvalue weighted by Crippen LogP contribution is -2.49. The fourth-order valence-corrected chi connectivity index (χ4v) is 4.60. The molecule has 26 heavy (non-hydrogen) atoms. The Labute approximate surface area is 154 Å². The normalized spacial score (nSPS) is 33.4. The van der Waals surface area contributed by atoms with Crippen molar-refractivity contribution in [2.24, 2.45) is 0 Å². The second-order valence-electron chi connectivity index (χ2n) is 6.27. The van der Waals surface area contributed by atoms with Crippen molar-refractivity contribution in [3.8, 4) is 0 Å². The molecule has 2 aliphatic heterocycles. The SMILES string of the molecule is CC[C@@]12CCOC([C@H](n3cnc4c(N)ncnc43)O1)[C@H]2OP(O)(=S)OC. The van der Waals surface area contributed by atoms with Gasteiger partial charge in [-0.2, -0.15) is 0 Å². The minimum absolute atomic E-state index is 0.291. The molecule has 2 saturated heterocycles. The fraction of sp³-hybridized carbons (Fsp3) is 0.643. The molecule has 2 aliphatic rings. The molecule has 2 unspecified atom stereocenters.